The van der Waals surface area contributed by atoms with E-state index in [1.807, 2.05) is 13.8 Å². The fourth-order valence-electron chi connectivity index (χ4n) is 13.4. The first kappa shape index (κ1) is 70.5. The predicted octanol–water partition coefficient (Wildman–Crippen LogP) is 10.7. The lowest BCUT2D eigenvalue weighted by Crippen LogP contribution is -2.53. The Balaban J connectivity index is 0.000000219. The third-order valence-electron chi connectivity index (χ3n) is 18.9. The Hall–Kier alpha value is -3.02. The van der Waals surface area contributed by atoms with Crippen LogP contribution in [0.4, 0.5) is 0 Å². The van der Waals surface area contributed by atoms with Crippen LogP contribution in [0.5, 0.6) is 0 Å². The SMILES string of the molecule is CC(CO)NC1CCCC(OC(C)CO)C1.CCC(N)C(C)NC1CCCC(=O)C1.CCC(N)C(C)NC1CCCC(NC(C)C(N)CC)C1.CCC1=C(C)C2=C(C1)c1c([nH]c(CC)c1C)CC2.CCc1[nH]c2c(c1C)C(=O)CCC2. The lowest BCUT2D eigenvalue weighted by atomic mass is 9.87. The van der Waals surface area contributed by atoms with Gasteiger partial charge in [-0.05, 0) is 212 Å². The van der Waals surface area contributed by atoms with Gasteiger partial charge in [0.1, 0.15) is 5.78 Å². The molecule has 0 amide bonds. The minimum Gasteiger partial charge on any atom is -0.395 e. The van der Waals surface area contributed by atoms with E-state index in [4.69, 9.17) is 32.2 Å². The van der Waals surface area contributed by atoms with Crippen molar-refractivity contribution in [2.45, 2.75) is 330 Å². The van der Waals surface area contributed by atoms with Gasteiger partial charge in [0, 0.05) is 120 Å². The molecule has 0 spiro atoms. The number of rotatable bonds is 21. The highest BCUT2D eigenvalue weighted by molar-refractivity contribution is 5.99. The van der Waals surface area contributed by atoms with Crippen LogP contribution >= 0.6 is 0 Å². The number of ketones is 2. The van der Waals surface area contributed by atoms with Gasteiger partial charge in [0.2, 0.25) is 0 Å². The molecule has 3 saturated carbocycles. The molecular weight excluding hydrogens is 1010 g/mol. The first-order valence-corrected chi connectivity index (χ1v) is 32.7. The lowest BCUT2D eigenvalue weighted by molar-refractivity contribution is -0.120. The van der Waals surface area contributed by atoms with Crippen LogP contribution in [-0.4, -0.2) is 124 Å². The number of Topliss-reactive ketones (excluding diaryl/α,β-unsaturated/α-hetero) is 2. The highest BCUT2D eigenvalue weighted by atomic mass is 16.5. The summed E-state index contributed by atoms with van der Waals surface area (Å²) in [5.74, 6) is 0.723. The molecule has 3 fully saturated rings. The van der Waals surface area contributed by atoms with E-state index in [2.05, 4.69) is 114 Å². The maximum atomic E-state index is 11.6. The van der Waals surface area contributed by atoms with Crippen LogP contribution < -0.4 is 38.5 Å². The number of aryl methyl sites for hydroxylation is 4. The van der Waals surface area contributed by atoms with Crippen molar-refractivity contribution < 1.29 is 24.5 Å². The second kappa shape index (κ2) is 36.1. The molecule has 0 aliphatic heterocycles. The largest absolute Gasteiger partial charge is 0.395 e. The number of aliphatic hydroxyl groups excluding tert-OH is 2. The van der Waals surface area contributed by atoms with Crippen molar-refractivity contribution in [1.29, 1.82) is 0 Å². The van der Waals surface area contributed by atoms with E-state index in [1.54, 1.807) is 27.9 Å². The number of H-pyrrole nitrogens is 2. The van der Waals surface area contributed by atoms with E-state index in [-0.39, 0.29) is 49.6 Å². The zero-order chi connectivity index (χ0) is 59.9. The van der Waals surface area contributed by atoms with Crippen molar-refractivity contribution in [3.05, 3.63) is 61.7 Å². The number of aliphatic hydroxyl groups is 2. The summed E-state index contributed by atoms with van der Waals surface area (Å²) >= 11 is 0. The molecule has 0 radical (unpaired) electrons. The molecule has 6 aliphatic rings. The highest BCUT2D eigenvalue weighted by Crippen LogP contribution is 2.47. The molecule has 0 saturated heterocycles. The number of hydrogen-bond donors (Lipinski definition) is 11. The second-order valence-electron chi connectivity index (χ2n) is 25.2. The maximum Gasteiger partial charge on any atom is 0.164 e. The van der Waals surface area contributed by atoms with Gasteiger partial charge < -0.3 is 63.4 Å². The van der Waals surface area contributed by atoms with Crippen LogP contribution in [0.15, 0.2) is 16.7 Å². The molecule has 2 aromatic rings. The van der Waals surface area contributed by atoms with Gasteiger partial charge >= 0.3 is 0 Å². The molecular formula is C67H121N9O5. The van der Waals surface area contributed by atoms with Crippen LogP contribution in [0, 0.1) is 13.8 Å². The van der Waals surface area contributed by atoms with E-state index in [0.717, 1.165) is 102 Å². The van der Waals surface area contributed by atoms with Crippen LogP contribution in [0.25, 0.3) is 5.57 Å². The van der Waals surface area contributed by atoms with Gasteiger partial charge in [-0.2, -0.15) is 0 Å². The number of nitrogens with one attached hydrogen (secondary N) is 6. The number of hydrogen-bond acceptors (Lipinski definition) is 12. The minimum absolute atomic E-state index is 0.0704. The van der Waals surface area contributed by atoms with Crippen molar-refractivity contribution in [3.8, 4) is 0 Å². The van der Waals surface area contributed by atoms with E-state index in [1.165, 1.54) is 85.3 Å². The monoisotopic (exact) mass is 1130 g/mol. The van der Waals surface area contributed by atoms with Gasteiger partial charge in [-0.15, -0.1) is 0 Å². The van der Waals surface area contributed by atoms with E-state index in [9.17, 15) is 9.59 Å². The Morgan fingerprint density at radius 1 is 0.556 bits per heavy atom. The summed E-state index contributed by atoms with van der Waals surface area (Å²) in [4.78, 5) is 29.9. The van der Waals surface area contributed by atoms with Crippen LogP contribution in [0.2, 0.25) is 0 Å². The number of aromatic amines is 2. The Bertz CT molecular complexity index is 2210. The third kappa shape index (κ3) is 21.5. The van der Waals surface area contributed by atoms with E-state index in [0.29, 0.717) is 60.3 Å². The summed E-state index contributed by atoms with van der Waals surface area (Å²) < 4.78 is 5.73. The number of allylic oxidation sites excluding steroid dienone is 4. The molecule has 2 aromatic heterocycles. The first-order valence-electron chi connectivity index (χ1n) is 32.7. The molecule has 2 heterocycles. The average Bonchev–Trinajstić information content (AvgIpc) is 4.25. The molecule has 6 aliphatic carbocycles. The number of nitrogens with two attached hydrogens (primary N) is 3. The lowest BCUT2D eigenvalue weighted by Gasteiger charge is -2.36. The summed E-state index contributed by atoms with van der Waals surface area (Å²) in [6.45, 7) is 30.4. The summed E-state index contributed by atoms with van der Waals surface area (Å²) in [7, 11) is 0. The number of carbonyl (C=O) groups excluding carboxylic acids is 2. The van der Waals surface area contributed by atoms with Crippen LogP contribution in [-0.2, 0) is 35.2 Å². The molecule has 81 heavy (non-hydrogen) atoms. The summed E-state index contributed by atoms with van der Waals surface area (Å²) in [5, 5.41) is 32.2. The van der Waals surface area contributed by atoms with Gasteiger partial charge in [-0.1, -0.05) is 53.5 Å². The van der Waals surface area contributed by atoms with Crippen molar-refractivity contribution in [2.75, 3.05) is 13.2 Å². The van der Waals surface area contributed by atoms with Gasteiger partial charge in [0.15, 0.2) is 5.78 Å². The van der Waals surface area contributed by atoms with Crippen LogP contribution in [0.3, 0.4) is 0 Å². The van der Waals surface area contributed by atoms with Crippen molar-refractivity contribution in [2.24, 2.45) is 17.2 Å². The molecule has 13 atom stereocenters. The minimum atomic E-state index is -0.0704. The van der Waals surface area contributed by atoms with Gasteiger partial charge in [0.25, 0.3) is 0 Å². The van der Waals surface area contributed by atoms with Gasteiger partial charge in [-0.3, -0.25) is 9.59 Å². The zero-order valence-electron chi connectivity index (χ0n) is 53.7. The number of fused-ring (bicyclic) bond motifs is 3. The van der Waals surface area contributed by atoms with Crippen molar-refractivity contribution in [3.63, 3.8) is 0 Å². The van der Waals surface area contributed by atoms with Crippen molar-refractivity contribution in [1.82, 2.24) is 31.2 Å². The van der Waals surface area contributed by atoms with E-state index >= 15 is 0 Å². The molecule has 14 heteroatoms. The standard InChI is InChI=1S/C17H23N.C16H36N4.C12H25NO3.C11H22N2O.C11H15NO/c1-5-12-9-14-13(10(12)3)7-8-16-17(14)11(4)15(6-2)18-16;1-5-15(17)11(3)19-13-8-7-9-14(10-13)20-12(4)16(18)6-2;1-9(7-14)13-11-4-3-5-12(6-11)16-10(2)8-15;1-3-11(12)8(2)13-9-5-4-6-10(14)7-9;1-3-8-7(2)11-9(12-8)5-4-6-10(11)13/h18H,5-9H2,1-4H3;11-16,19-20H,5-10,17-18H2,1-4H3;9-15H,3-8H2,1-2H3;8-9,11,13H,3-7,12H2,1-2H3;12H,3-6H2,1-2H3. The third-order valence-corrected chi connectivity index (χ3v) is 18.9. The maximum absolute atomic E-state index is 11.6. The predicted molar refractivity (Wildman–Crippen MR) is 339 cm³/mol. The molecule has 14 nitrogen and oxygen atoms in total. The van der Waals surface area contributed by atoms with Crippen LogP contribution in [0.1, 0.15) is 261 Å². The summed E-state index contributed by atoms with van der Waals surface area (Å²) in [6, 6.07) is 3.99. The average molecular weight is 1130 g/mol. The normalized spacial score (nSPS) is 24.7. The Morgan fingerprint density at radius 3 is 1.56 bits per heavy atom. The molecule has 8 rings (SSSR count). The molecule has 0 bridgehead atoms. The molecule has 14 N–H and O–H groups in total. The first-order chi connectivity index (χ1) is 38.7. The molecule has 13 unspecified atom stereocenters. The van der Waals surface area contributed by atoms with Gasteiger partial charge in [0.05, 0.1) is 25.4 Å². The van der Waals surface area contributed by atoms with E-state index < -0.39 is 0 Å². The molecule has 0 aromatic carbocycles. The Labute approximate surface area is 492 Å². The fraction of sp³-hybridized carbons (Fsp3) is 0.791. The zero-order valence-corrected chi connectivity index (χ0v) is 53.7. The Kier molecular flexibility index (Phi) is 31.4. The Morgan fingerprint density at radius 2 is 1.06 bits per heavy atom. The quantitative estimate of drug-likeness (QED) is 0.0560. The number of ether oxygens (including phenoxy) is 1. The fourth-order valence-corrected chi connectivity index (χ4v) is 13.4. The van der Waals surface area contributed by atoms with Crippen molar-refractivity contribution >= 4 is 17.1 Å². The summed E-state index contributed by atoms with van der Waals surface area (Å²) in [5.41, 5.74) is 35.3. The second-order valence-corrected chi connectivity index (χ2v) is 25.2. The number of aromatic nitrogens is 2. The topological polar surface area (TPSA) is 242 Å². The van der Waals surface area contributed by atoms with Gasteiger partial charge in [-0.25, -0.2) is 0 Å². The number of carbonyl (C=O) groups is 2. The summed E-state index contributed by atoms with van der Waals surface area (Å²) in [6.07, 6.45) is 26.0. The molecule has 464 valence electrons. The highest BCUT2D eigenvalue weighted by Gasteiger charge is 2.31. The smallest absolute Gasteiger partial charge is 0.164 e.